The third-order valence-corrected chi connectivity index (χ3v) is 10.5. The van der Waals surface area contributed by atoms with E-state index >= 15 is 0 Å². The van der Waals surface area contributed by atoms with Gasteiger partial charge in [0.2, 0.25) is 0 Å². The summed E-state index contributed by atoms with van der Waals surface area (Å²) in [5.41, 5.74) is 0.871. The molecule has 3 saturated carbocycles. The average Bonchev–Trinajstić information content (AvgIpc) is 3.04. The number of halogens is 3. The number of aliphatic hydroxyl groups excluding tert-OH is 1. The van der Waals surface area contributed by atoms with Crippen molar-refractivity contribution in [3.05, 3.63) is 11.6 Å². The highest BCUT2D eigenvalue weighted by Gasteiger charge is 2.61. The van der Waals surface area contributed by atoms with Crippen LogP contribution >= 0.6 is 0 Å². The molecule has 172 valence electrons. The van der Waals surface area contributed by atoms with Crippen molar-refractivity contribution in [1.82, 2.24) is 0 Å². The van der Waals surface area contributed by atoms with Gasteiger partial charge in [-0.3, -0.25) is 0 Å². The molecular formula is C25H39F3O2. The maximum Gasteiger partial charge on any atom is 0.414 e. The van der Waals surface area contributed by atoms with Gasteiger partial charge in [0.15, 0.2) is 6.10 Å². The summed E-state index contributed by atoms with van der Waals surface area (Å²) in [6.07, 6.45) is 3.83. The van der Waals surface area contributed by atoms with Gasteiger partial charge in [-0.1, -0.05) is 39.3 Å². The SMILES string of the molecule is CC[C@]1(O)CC[C@@]2(C)C(=CCC3[C@@H]2CC[C@]2(C)C([C@H](C)[C@H](O)C(F)(F)F)CC[C@@H]32)C1. The Labute approximate surface area is 179 Å². The van der Waals surface area contributed by atoms with Crippen LogP contribution in [0.15, 0.2) is 11.6 Å². The lowest BCUT2D eigenvalue weighted by molar-refractivity contribution is -0.227. The minimum atomic E-state index is -4.54. The Morgan fingerprint density at radius 2 is 1.80 bits per heavy atom. The van der Waals surface area contributed by atoms with Crippen LogP contribution in [-0.4, -0.2) is 28.1 Å². The largest absolute Gasteiger partial charge is 0.414 e. The monoisotopic (exact) mass is 428 g/mol. The number of hydrogen-bond donors (Lipinski definition) is 2. The summed E-state index contributed by atoms with van der Waals surface area (Å²) in [4.78, 5) is 0. The lowest BCUT2D eigenvalue weighted by Crippen LogP contribution is -2.53. The molecule has 30 heavy (non-hydrogen) atoms. The second kappa shape index (κ2) is 7.23. The van der Waals surface area contributed by atoms with E-state index < -0.39 is 23.8 Å². The Kier molecular flexibility index (Phi) is 5.46. The molecule has 0 aromatic heterocycles. The lowest BCUT2D eigenvalue weighted by Gasteiger charge is -2.59. The van der Waals surface area contributed by atoms with Gasteiger partial charge in [-0.25, -0.2) is 0 Å². The summed E-state index contributed by atoms with van der Waals surface area (Å²) in [5.74, 6) is 0.695. The Morgan fingerprint density at radius 3 is 2.43 bits per heavy atom. The summed E-state index contributed by atoms with van der Waals surface area (Å²) >= 11 is 0. The average molecular weight is 429 g/mol. The molecule has 0 radical (unpaired) electrons. The second-order valence-corrected chi connectivity index (χ2v) is 11.6. The lowest BCUT2D eigenvalue weighted by atomic mass is 9.46. The molecule has 0 aliphatic heterocycles. The third-order valence-electron chi connectivity index (χ3n) is 10.5. The zero-order chi connectivity index (χ0) is 22.1. The van der Waals surface area contributed by atoms with E-state index in [9.17, 15) is 23.4 Å². The molecule has 4 rings (SSSR count). The molecule has 5 heteroatoms. The van der Waals surface area contributed by atoms with E-state index in [0.29, 0.717) is 17.8 Å². The Balaban J connectivity index is 1.58. The number of rotatable bonds is 3. The highest BCUT2D eigenvalue weighted by molar-refractivity contribution is 5.27. The van der Waals surface area contributed by atoms with Crippen molar-refractivity contribution in [2.24, 2.45) is 40.4 Å². The molecule has 0 heterocycles. The highest BCUT2D eigenvalue weighted by atomic mass is 19.4. The van der Waals surface area contributed by atoms with Gasteiger partial charge in [-0.2, -0.15) is 13.2 Å². The van der Waals surface area contributed by atoms with E-state index in [1.807, 2.05) is 0 Å². The van der Waals surface area contributed by atoms with Gasteiger partial charge in [0, 0.05) is 0 Å². The van der Waals surface area contributed by atoms with Crippen molar-refractivity contribution in [2.75, 3.05) is 0 Å². The molecule has 4 aliphatic carbocycles. The molecule has 0 spiro atoms. The van der Waals surface area contributed by atoms with Crippen molar-refractivity contribution < 1.29 is 23.4 Å². The highest BCUT2D eigenvalue weighted by Crippen LogP contribution is 2.68. The van der Waals surface area contributed by atoms with Crippen molar-refractivity contribution in [1.29, 1.82) is 0 Å². The first-order chi connectivity index (χ1) is 13.9. The van der Waals surface area contributed by atoms with Gasteiger partial charge in [0.05, 0.1) is 5.60 Å². The summed E-state index contributed by atoms with van der Waals surface area (Å²) < 4.78 is 39.7. The number of allylic oxidation sites excluding steroid dienone is 1. The van der Waals surface area contributed by atoms with Gasteiger partial charge in [0.1, 0.15) is 0 Å². The van der Waals surface area contributed by atoms with Gasteiger partial charge in [0.25, 0.3) is 0 Å². The molecular weight excluding hydrogens is 389 g/mol. The van der Waals surface area contributed by atoms with Crippen LogP contribution in [0.1, 0.15) is 85.5 Å². The molecule has 0 aromatic rings. The predicted molar refractivity (Wildman–Crippen MR) is 112 cm³/mol. The first kappa shape index (κ1) is 22.6. The Bertz CT molecular complexity index is 703. The van der Waals surface area contributed by atoms with Crippen LogP contribution in [0, 0.1) is 40.4 Å². The standard InChI is InChI=1S/C25H39F3O2/c1-5-24(30)13-12-22(3)16(14-24)6-7-17-19-9-8-18(15(2)21(29)25(26,27)28)23(19,4)11-10-20(17)22/h6,15,17-21,29-30H,5,7-14H2,1-4H3/t15-,17?,18?,19-,20-,21-,22-,23+,24-/m0/s1. The van der Waals surface area contributed by atoms with Crippen LogP contribution in [0.25, 0.3) is 0 Å². The van der Waals surface area contributed by atoms with E-state index in [2.05, 4.69) is 26.8 Å². The smallest absolute Gasteiger partial charge is 0.390 e. The summed E-state index contributed by atoms with van der Waals surface area (Å²) in [5, 5.41) is 20.8. The number of hydrogen-bond acceptors (Lipinski definition) is 2. The molecule has 2 unspecified atom stereocenters. The molecule has 9 atom stereocenters. The van der Waals surface area contributed by atoms with Crippen molar-refractivity contribution in [3.63, 3.8) is 0 Å². The quantitative estimate of drug-likeness (QED) is 0.521. The minimum Gasteiger partial charge on any atom is -0.390 e. The van der Waals surface area contributed by atoms with Gasteiger partial charge < -0.3 is 10.2 Å². The van der Waals surface area contributed by atoms with Crippen molar-refractivity contribution >= 4 is 0 Å². The van der Waals surface area contributed by atoms with Crippen LogP contribution in [-0.2, 0) is 0 Å². The molecule has 4 aliphatic rings. The molecule has 0 saturated heterocycles. The van der Waals surface area contributed by atoms with Gasteiger partial charge in [-0.15, -0.1) is 0 Å². The van der Waals surface area contributed by atoms with Gasteiger partial charge in [-0.05, 0) is 98.2 Å². The number of alkyl halides is 3. The Morgan fingerprint density at radius 1 is 1.10 bits per heavy atom. The van der Waals surface area contributed by atoms with Crippen LogP contribution in [0.4, 0.5) is 13.2 Å². The fraction of sp³-hybridized carbons (Fsp3) is 0.920. The van der Waals surface area contributed by atoms with Crippen LogP contribution in [0.2, 0.25) is 0 Å². The molecule has 0 aromatic carbocycles. The molecule has 0 bridgehead atoms. The maximum atomic E-state index is 13.2. The molecule has 3 fully saturated rings. The first-order valence-electron chi connectivity index (χ1n) is 12.0. The predicted octanol–water partition coefficient (Wildman–Crippen LogP) is 6.27. The van der Waals surface area contributed by atoms with E-state index in [1.165, 1.54) is 5.57 Å². The maximum absolute atomic E-state index is 13.2. The molecule has 0 amide bonds. The topological polar surface area (TPSA) is 40.5 Å². The number of fused-ring (bicyclic) bond motifs is 5. The third kappa shape index (κ3) is 3.29. The van der Waals surface area contributed by atoms with Crippen LogP contribution in [0.5, 0.6) is 0 Å². The summed E-state index contributed by atoms with van der Waals surface area (Å²) in [6, 6.07) is 0. The number of aliphatic hydroxyl groups is 2. The van der Waals surface area contributed by atoms with E-state index in [0.717, 1.165) is 57.8 Å². The van der Waals surface area contributed by atoms with Crippen LogP contribution in [0.3, 0.4) is 0 Å². The van der Waals surface area contributed by atoms with Crippen molar-refractivity contribution in [2.45, 2.75) is 103 Å². The fourth-order valence-electron chi connectivity index (χ4n) is 8.44. The van der Waals surface area contributed by atoms with E-state index in [4.69, 9.17) is 0 Å². The normalized spacial score (nSPS) is 48.2. The van der Waals surface area contributed by atoms with Crippen LogP contribution < -0.4 is 0 Å². The zero-order valence-corrected chi connectivity index (χ0v) is 18.9. The summed E-state index contributed by atoms with van der Waals surface area (Å²) in [7, 11) is 0. The minimum absolute atomic E-state index is 0.0743. The molecule has 2 nitrogen and oxygen atoms in total. The summed E-state index contributed by atoms with van der Waals surface area (Å²) in [6.45, 7) is 8.27. The first-order valence-corrected chi connectivity index (χ1v) is 12.0. The van der Waals surface area contributed by atoms with E-state index in [1.54, 1.807) is 6.92 Å². The van der Waals surface area contributed by atoms with E-state index in [-0.39, 0.29) is 16.7 Å². The van der Waals surface area contributed by atoms with Gasteiger partial charge >= 0.3 is 6.18 Å². The zero-order valence-electron chi connectivity index (χ0n) is 18.9. The molecule has 2 N–H and O–H groups in total. The van der Waals surface area contributed by atoms with Crippen molar-refractivity contribution in [3.8, 4) is 0 Å². The second-order valence-electron chi connectivity index (χ2n) is 11.6. The Hall–Kier alpha value is -0.550. The fourth-order valence-corrected chi connectivity index (χ4v) is 8.44.